The van der Waals surface area contributed by atoms with Gasteiger partial charge in [-0.3, -0.25) is 4.79 Å². The van der Waals surface area contributed by atoms with E-state index in [4.69, 9.17) is 4.42 Å². The lowest BCUT2D eigenvalue weighted by molar-refractivity contribution is 0.102. The number of halogens is 1. The summed E-state index contributed by atoms with van der Waals surface area (Å²) in [4.78, 5) is 12.7. The van der Waals surface area contributed by atoms with E-state index in [1.807, 2.05) is 24.3 Å². The maximum Gasteiger partial charge on any atom is 0.259 e. The molecule has 1 aliphatic heterocycles. The van der Waals surface area contributed by atoms with Crippen molar-refractivity contribution in [3.8, 4) is 0 Å². The monoisotopic (exact) mass is 338 g/mol. The molecule has 5 heteroatoms. The Morgan fingerprint density at radius 3 is 3.04 bits per heavy atom. The molecule has 0 saturated heterocycles. The van der Waals surface area contributed by atoms with Gasteiger partial charge in [-0.2, -0.15) is 0 Å². The first-order valence-electron chi connectivity index (χ1n) is 8.50. The van der Waals surface area contributed by atoms with Crippen LogP contribution in [0.2, 0.25) is 0 Å². The second-order valence-corrected chi connectivity index (χ2v) is 6.28. The number of amides is 1. The predicted octanol–water partition coefficient (Wildman–Crippen LogP) is 4.03. The van der Waals surface area contributed by atoms with Crippen molar-refractivity contribution in [1.29, 1.82) is 0 Å². The molecule has 0 radical (unpaired) electrons. The third-order valence-corrected chi connectivity index (χ3v) is 4.75. The van der Waals surface area contributed by atoms with Gasteiger partial charge >= 0.3 is 0 Å². The number of aryl methyl sites for hydroxylation is 1. The number of hydrogen-bond acceptors (Lipinski definition) is 3. The Hall–Kier alpha value is -2.66. The van der Waals surface area contributed by atoms with Gasteiger partial charge < -0.3 is 15.1 Å². The fraction of sp³-hybridized carbons (Fsp3) is 0.250. The quantitative estimate of drug-likeness (QED) is 0.758. The van der Waals surface area contributed by atoms with E-state index in [0.717, 1.165) is 29.5 Å². The molecule has 0 bridgehead atoms. The van der Waals surface area contributed by atoms with Crippen molar-refractivity contribution in [2.75, 3.05) is 11.9 Å². The summed E-state index contributed by atoms with van der Waals surface area (Å²) < 4.78 is 20.2. The Bertz CT molecular complexity index is 962. The number of benzene rings is 2. The molecule has 2 N–H and O–H groups in total. The fourth-order valence-electron chi connectivity index (χ4n) is 3.29. The van der Waals surface area contributed by atoms with E-state index in [1.165, 1.54) is 6.26 Å². The van der Waals surface area contributed by atoms with Gasteiger partial charge in [-0.25, -0.2) is 4.39 Å². The van der Waals surface area contributed by atoms with Crippen molar-refractivity contribution in [2.45, 2.75) is 26.3 Å². The number of hydrogen-bond donors (Lipinski definition) is 2. The lowest BCUT2D eigenvalue weighted by atomic mass is 9.99. The number of anilines is 1. The van der Waals surface area contributed by atoms with Crippen LogP contribution >= 0.6 is 0 Å². The van der Waals surface area contributed by atoms with Gasteiger partial charge in [-0.1, -0.05) is 19.1 Å². The third kappa shape index (κ3) is 2.81. The maximum atomic E-state index is 14.7. The van der Waals surface area contributed by atoms with Crippen molar-refractivity contribution in [1.82, 2.24) is 5.32 Å². The molecule has 0 spiro atoms. The zero-order chi connectivity index (χ0) is 17.4. The van der Waals surface area contributed by atoms with Crippen LogP contribution in [0.25, 0.3) is 11.0 Å². The maximum absolute atomic E-state index is 14.7. The number of fused-ring (bicyclic) bond motifs is 2. The first-order valence-corrected chi connectivity index (χ1v) is 8.50. The number of carbonyl (C=O) groups excluding carboxylic acids is 1. The molecule has 0 fully saturated rings. The zero-order valence-electron chi connectivity index (χ0n) is 14.0. The van der Waals surface area contributed by atoms with Crippen molar-refractivity contribution in [3.63, 3.8) is 0 Å². The third-order valence-electron chi connectivity index (χ3n) is 4.75. The summed E-state index contributed by atoms with van der Waals surface area (Å²) in [5, 5.41) is 6.66. The molecule has 128 valence electrons. The van der Waals surface area contributed by atoms with E-state index in [0.29, 0.717) is 29.7 Å². The first-order chi connectivity index (χ1) is 12.2. The first kappa shape index (κ1) is 15.8. The summed E-state index contributed by atoms with van der Waals surface area (Å²) >= 11 is 0. The topological polar surface area (TPSA) is 54.3 Å². The van der Waals surface area contributed by atoms with Crippen LogP contribution < -0.4 is 10.6 Å². The van der Waals surface area contributed by atoms with E-state index in [2.05, 4.69) is 17.6 Å². The van der Waals surface area contributed by atoms with Crippen molar-refractivity contribution in [3.05, 3.63) is 64.7 Å². The van der Waals surface area contributed by atoms with Crippen LogP contribution in [0.5, 0.6) is 0 Å². The van der Waals surface area contributed by atoms with Crippen LogP contribution in [-0.4, -0.2) is 12.5 Å². The molecule has 4 rings (SSSR count). The van der Waals surface area contributed by atoms with Gasteiger partial charge in [0.15, 0.2) is 0 Å². The predicted molar refractivity (Wildman–Crippen MR) is 95.4 cm³/mol. The second-order valence-electron chi connectivity index (χ2n) is 6.28. The highest BCUT2D eigenvalue weighted by atomic mass is 19.1. The molecule has 1 aromatic heterocycles. The minimum atomic E-state index is -0.361. The van der Waals surface area contributed by atoms with Crippen LogP contribution in [0.4, 0.5) is 10.1 Å². The largest absolute Gasteiger partial charge is 0.463 e. The van der Waals surface area contributed by atoms with Crippen LogP contribution in [-0.2, 0) is 19.4 Å². The molecule has 2 heterocycles. The van der Waals surface area contributed by atoms with Gasteiger partial charge in [0.1, 0.15) is 17.7 Å². The Morgan fingerprint density at radius 2 is 2.20 bits per heavy atom. The van der Waals surface area contributed by atoms with E-state index in [-0.39, 0.29) is 17.4 Å². The Labute approximate surface area is 145 Å². The molecule has 4 nitrogen and oxygen atoms in total. The van der Waals surface area contributed by atoms with Gasteiger partial charge in [0.05, 0.1) is 11.3 Å². The molecule has 25 heavy (non-hydrogen) atoms. The average Bonchev–Trinajstić information content (AvgIpc) is 3.07. The molecule has 0 atom stereocenters. The lowest BCUT2D eigenvalue weighted by Gasteiger charge is -2.19. The molecule has 1 amide bonds. The standard InChI is InChI=1S/C20H19FN2O2/c1-2-12-3-6-18-15(9-12)16(11-25-18)20(24)23-17-5-4-13-10-22-8-7-14(13)19(17)21/h3-6,9,11,22H,2,7-8,10H2,1H3,(H,23,24). The zero-order valence-corrected chi connectivity index (χ0v) is 14.0. The normalized spacial score (nSPS) is 13.7. The summed E-state index contributed by atoms with van der Waals surface area (Å²) in [7, 11) is 0. The Kier molecular flexibility index (Phi) is 4.01. The lowest BCUT2D eigenvalue weighted by Crippen LogP contribution is -2.25. The average molecular weight is 338 g/mol. The molecule has 3 aromatic rings. The highest BCUT2D eigenvalue weighted by molar-refractivity contribution is 6.12. The van der Waals surface area contributed by atoms with Gasteiger partial charge in [0.25, 0.3) is 5.91 Å². The SMILES string of the molecule is CCc1ccc2occ(C(=O)Nc3ccc4c(c3F)CCNC4)c2c1. The molecule has 2 aromatic carbocycles. The van der Waals surface area contributed by atoms with Crippen LogP contribution in [0.15, 0.2) is 41.0 Å². The molecule has 1 aliphatic rings. The smallest absolute Gasteiger partial charge is 0.259 e. The summed E-state index contributed by atoms with van der Waals surface area (Å²) in [6.45, 7) is 3.46. The van der Waals surface area contributed by atoms with E-state index in [9.17, 15) is 9.18 Å². The van der Waals surface area contributed by atoms with Gasteiger partial charge in [0, 0.05) is 11.9 Å². The van der Waals surface area contributed by atoms with Crippen molar-refractivity contribution in [2.24, 2.45) is 0 Å². The summed E-state index contributed by atoms with van der Waals surface area (Å²) in [6, 6.07) is 9.27. The number of carbonyl (C=O) groups is 1. The summed E-state index contributed by atoms with van der Waals surface area (Å²) in [6.07, 6.45) is 2.93. The number of rotatable bonds is 3. The number of nitrogens with one attached hydrogen (secondary N) is 2. The molecular formula is C20H19FN2O2. The van der Waals surface area contributed by atoms with E-state index >= 15 is 0 Å². The van der Waals surface area contributed by atoms with Crippen LogP contribution in [0, 0.1) is 5.82 Å². The summed E-state index contributed by atoms with van der Waals surface area (Å²) in [5.74, 6) is -0.700. The molecule has 0 unspecified atom stereocenters. The minimum Gasteiger partial charge on any atom is -0.463 e. The second kappa shape index (κ2) is 6.33. The molecule has 0 saturated carbocycles. The van der Waals surface area contributed by atoms with Gasteiger partial charge in [0.2, 0.25) is 0 Å². The van der Waals surface area contributed by atoms with Crippen molar-refractivity contribution < 1.29 is 13.6 Å². The van der Waals surface area contributed by atoms with Crippen molar-refractivity contribution >= 4 is 22.6 Å². The van der Waals surface area contributed by atoms with Crippen LogP contribution in [0.1, 0.15) is 34.0 Å². The molecule has 0 aliphatic carbocycles. The van der Waals surface area contributed by atoms with Crippen LogP contribution in [0.3, 0.4) is 0 Å². The van der Waals surface area contributed by atoms with E-state index in [1.54, 1.807) is 6.07 Å². The molecular weight excluding hydrogens is 319 g/mol. The number of furan rings is 1. The fourth-order valence-corrected chi connectivity index (χ4v) is 3.29. The highest BCUT2D eigenvalue weighted by Crippen LogP contribution is 2.27. The highest BCUT2D eigenvalue weighted by Gasteiger charge is 2.20. The van der Waals surface area contributed by atoms with Gasteiger partial charge in [-0.15, -0.1) is 0 Å². The summed E-state index contributed by atoms with van der Waals surface area (Å²) in [5.41, 5.74) is 4.04. The Morgan fingerprint density at radius 1 is 1.32 bits per heavy atom. The minimum absolute atomic E-state index is 0.214. The van der Waals surface area contributed by atoms with Gasteiger partial charge in [-0.05, 0) is 54.3 Å². The Balaban J connectivity index is 1.67. The van der Waals surface area contributed by atoms with E-state index < -0.39 is 0 Å².